The van der Waals surface area contributed by atoms with Gasteiger partial charge in [-0.2, -0.15) is 0 Å². The van der Waals surface area contributed by atoms with Crippen LogP contribution in [0.4, 0.5) is 5.69 Å². The molecule has 0 bridgehead atoms. The van der Waals surface area contributed by atoms with Crippen LogP contribution in [0.25, 0.3) is 0 Å². The largest absolute Gasteiger partial charge is 0.454 e. The highest BCUT2D eigenvalue weighted by molar-refractivity contribution is 6.15. The van der Waals surface area contributed by atoms with E-state index in [1.807, 2.05) is 6.92 Å². The van der Waals surface area contributed by atoms with Crippen molar-refractivity contribution in [2.24, 2.45) is 0 Å². The number of anilines is 1. The summed E-state index contributed by atoms with van der Waals surface area (Å²) < 4.78 is 5.47. The molecule has 0 saturated carbocycles. The zero-order valence-electron chi connectivity index (χ0n) is 18.0. The summed E-state index contributed by atoms with van der Waals surface area (Å²) >= 11 is 0. The fraction of sp³-hybridized carbons (Fsp3) is 0.391. The summed E-state index contributed by atoms with van der Waals surface area (Å²) in [7, 11) is 0. The van der Waals surface area contributed by atoms with Crippen LogP contribution in [0.1, 0.15) is 58.8 Å². The van der Waals surface area contributed by atoms with Crippen molar-refractivity contribution >= 4 is 29.3 Å². The number of rotatable bonds is 5. The third-order valence-electron chi connectivity index (χ3n) is 5.93. The highest BCUT2D eigenvalue weighted by Crippen LogP contribution is 2.45. The molecule has 2 aliphatic heterocycles. The molecular formula is C23H25N3O5. The number of hydrogen-bond acceptors (Lipinski definition) is 5. The van der Waals surface area contributed by atoms with Crippen LogP contribution in [-0.4, -0.2) is 51.8 Å². The lowest BCUT2D eigenvalue weighted by molar-refractivity contribution is -0.157. The number of H-pyrrole nitrogens is 1. The maximum absolute atomic E-state index is 13.5. The van der Waals surface area contributed by atoms with Crippen molar-refractivity contribution < 1.29 is 23.9 Å². The number of ether oxygens (including phenoxy) is 1. The SMILES string of the molecule is Cc1cc(C(=O)COC(=O)C23CCC(=O)N2c2ccccc2C(=O)N3C(C)C)c(C)[nH]1. The molecule has 2 aliphatic rings. The van der Waals surface area contributed by atoms with Crippen LogP contribution in [0.5, 0.6) is 0 Å². The molecule has 1 aromatic heterocycles. The molecular weight excluding hydrogens is 398 g/mol. The van der Waals surface area contributed by atoms with E-state index in [0.717, 1.165) is 5.69 Å². The van der Waals surface area contributed by atoms with E-state index < -0.39 is 18.2 Å². The monoisotopic (exact) mass is 423 g/mol. The topological polar surface area (TPSA) is 99.8 Å². The molecule has 3 heterocycles. The van der Waals surface area contributed by atoms with Crippen LogP contribution in [0.15, 0.2) is 30.3 Å². The molecule has 1 aromatic carbocycles. The van der Waals surface area contributed by atoms with E-state index in [1.165, 1.54) is 9.80 Å². The Morgan fingerprint density at radius 3 is 2.55 bits per heavy atom. The van der Waals surface area contributed by atoms with Gasteiger partial charge in [0.05, 0.1) is 11.3 Å². The minimum atomic E-state index is -1.60. The van der Waals surface area contributed by atoms with Crippen molar-refractivity contribution in [1.29, 1.82) is 0 Å². The normalized spacial score (nSPS) is 20.2. The molecule has 8 heteroatoms. The average Bonchev–Trinajstić information content (AvgIpc) is 3.25. The first-order chi connectivity index (χ1) is 14.7. The van der Waals surface area contributed by atoms with Gasteiger partial charge in [0.1, 0.15) is 0 Å². The van der Waals surface area contributed by atoms with Crippen molar-refractivity contribution in [2.75, 3.05) is 11.5 Å². The number of esters is 1. The molecule has 2 amide bonds. The number of carbonyl (C=O) groups excluding carboxylic acids is 4. The lowest BCUT2D eigenvalue weighted by Crippen LogP contribution is -2.70. The summed E-state index contributed by atoms with van der Waals surface area (Å²) in [6, 6.07) is 8.09. The number of aromatic nitrogens is 1. The molecule has 1 fully saturated rings. The average molecular weight is 423 g/mol. The lowest BCUT2D eigenvalue weighted by atomic mass is 9.95. The zero-order valence-corrected chi connectivity index (χ0v) is 18.0. The van der Waals surface area contributed by atoms with Gasteiger partial charge in [-0.15, -0.1) is 0 Å². The second-order valence-electron chi connectivity index (χ2n) is 8.32. The summed E-state index contributed by atoms with van der Waals surface area (Å²) in [6.45, 7) is 6.72. The first-order valence-corrected chi connectivity index (χ1v) is 10.3. The summed E-state index contributed by atoms with van der Waals surface area (Å²) in [5.41, 5.74) is 1.14. The second-order valence-corrected chi connectivity index (χ2v) is 8.32. The number of fused-ring (bicyclic) bond motifs is 3. The molecule has 0 spiro atoms. The van der Waals surface area contributed by atoms with E-state index >= 15 is 0 Å². The van der Waals surface area contributed by atoms with Gasteiger partial charge in [-0.1, -0.05) is 12.1 Å². The summed E-state index contributed by atoms with van der Waals surface area (Å²) in [5.74, 6) is -1.71. The Morgan fingerprint density at radius 1 is 1.19 bits per heavy atom. The number of para-hydroxylation sites is 1. The Balaban J connectivity index is 1.71. The van der Waals surface area contributed by atoms with Crippen LogP contribution in [0.2, 0.25) is 0 Å². The number of nitrogens with one attached hydrogen (secondary N) is 1. The molecule has 2 aromatic rings. The third kappa shape index (κ3) is 3.05. The molecule has 4 rings (SSSR count). The van der Waals surface area contributed by atoms with E-state index in [2.05, 4.69) is 4.98 Å². The van der Waals surface area contributed by atoms with E-state index in [1.54, 1.807) is 51.1 Å². The summed E-state index contributed by atoms with van der Waals surface area (Å²) in [4.78, 5) is 58.2. The molecule has 1 saturated heterocycles. The number of amides is 2. The van der Waals surface area contributed by atoms with Crippen molar-refractivity contribution in [3.63, 3.8) is 0 Å². The van der Waals surface area contributed by atoms with Gasteiger partial charge >= 0.3 is 5.97 Å². The van der Waals surface area contributed by atoms with E-state index in [9.17, 15) is 19.2 Å². The molecule has 8 nitrogen and oxygen atoms in total. The fourth-order valence-corrected chi connectivity index (χ4v) is 4.71. The Hall–Kier alpha value is -3.42. The predicted octanol–water partition coefficient (Wildman–Crippen LogP) is 2.74. The van der Waals surface area contributed by atoms with Gasteiger partial charge in [0.15, 0.2) is 6.61 Å². The Bertz CT molecular complexity index is 1100. The minimum Gasteiger partial charge on any atom is -0.454 e. The minimum absolute atomic E-state index is 0.101. The first kappa shape index (κ1) is 20.8. The van der Waals surface area contributed by atoms with Crippen LogP contribution in [-0.2, 0) is 14.3 Å². The van der Waals surface area contributed by atoms with Gasteiger partial charge in [0, 0.05) is 35.8 Å². The van der Waals surface area contributed by atoms with Crippen LogP contribution in [0, 0.1) is 13.8 Å². The first-order valence-electron chi connectivity index (χ1n) is 10.3. The highest BCUT2D eigenvalue weighted by atomic mass is 16.5. The highest BCUT2D eigenvalue weighted by Gasteiger charge is 2.62. The predicted molar refractivity (Wildman–Crippen MR) is 113 cm³/mol. The summed E-state index contributed by atoms with van der Waals surface area (Å²) in [6.07, 6.45) is 0.212. The van der Waals surface area contributed by atoms with E-state index in [-0.39, 0.29) is 36.5 Å². The maximum atomic E-state index is 13.5. The standard InChI is InChI=1S/C23H25N3O5/c1-13(2)25-21(29)16-7-5-6-8-18(16)26-20(28)9-10-23(25,26)22(30)31-12-19(27)17-11-14(3)24-15(17)4/h5-8,11,13,24H,9-10,12H2,1-4H3. The van der Waals surface area contributed by atoms with Gasteiger partial charge in [0.2, 0.25) is 17.4 Å². The number of hydrogen-bond donors (Lipinski definition) is 1. The lowest BCUT2D eigenvalue weighted by Gasteiger charge is -2.50. The number of Topliss-reactive ketones (excluding diaryl/α,β-unsaturated/α-hetero) is 1. The zero-order chi connectivity index (χ0) is 22.5. The Kier molecular flexibility index (Phi) is 4.95. The Morgan fingerprint density at radius 2 is 1.90 bits per heavy atom. The van der Waals surface area contributed by atoms with Crippen molar-refractivity contribution in [3.05, 3.63) is 52.8 Å². The summed E-state index contributed by atoms with van der Waals surface area (Å²) in [5, 5.41) is 0. The van der Waals surface area contributed by atoms with Gasteiger partial charge in [-0.25, -0.2) is 4.79 Å². The van der Waals surface area contributed by atoms with Crippen molar-refractivity contribution in [1.82, 2.24) is 9.88 Å². The van der Waals surface area contributed by atoms with Gasteiger partial charge < -0.3 is 14.6 Å². The van der Waals surface area contributed by atoms with Crippen LogP contribution in [0.3, 0.4) is 0 Å². The molecule has 1 unspecified atom stereocenters. The van der Waals surface area contributed by atoms with Crippen molar-refractivity contribution in [3.8, 4) is 0 Å². The quantitative estimate of drug-likeness (QED) is 0.589. The van der Waals surface area contributed by atoms with Crippen LogP contribution < -0.4 is 4.90 Å². The van der Waals surface area contributed by atoms with Gasteiger partial charge in [-0.3, -0.25) is 19.3 Å². The van der Waals surface area contributed by atoms with Crippen molar-refractivity contribution in [2.45, 2.75) is 52.2 Å². The number of carbonyl (C=O) groups is 4. The van der Waals surface area contributed by atoms with Gasteiger partial charge in [0.25, 0.3) is 5.91 Å². The molecule has 0 radical (unpaired) electrons. The van der Waals surface area contributed by atoms with E-state index in [0.29, 0.717) is 22.5 Å². The molecule has 162 valence electrons. The molecule has 31 heavy (non-hydrogen) atoms. The third-order valence-corrected chi connectivity index (χ3v) is 5.93. The maximum Gasteiger partial charge on any atom is 0.354 e. The number of aryl methyl sites for hydroxylation is 2. The fourth-order valence-electron chi connectivity index (χ4n) is 4.71. The second kappa shape index (κ2) is 7.37. The molecule has 0 aliphatic carbocycles. The molecule has 1 atom stereocenters. The number of nitrogens with zero attached hydrogens (tertiary/aromatic N) is 2. The molecule has 1 N–H and O–H groups in total. The van der Waals surface area contributed by atoms with E-state index in [4.69, 9.17) is 4.74 Å². The smallest absolute Gasteiger partial charge is 0.354 e. The Labute approximate surface area is 180 Å². The number of aromatic amines is 1. The van der Waals surface area contributed by atoms with Gasteiger partial charge in [-0.05, 0) is 45.9 Å². The van der Waals surface area contributed by atoms with Crippen LogP contribution >= 0.6 is 0 Å². The number of ketones is 1. The number of benzene rings is 1.